The Hall–Kier alpha value is -1.55. The third-order valence-electron chi connectivity index (χ3n) is 2.89. The monoisotopic (exact) mass is 265 g/mol. The minimum absolute atomic E-state index is 0.0247. The molecule has 0 aliphatic rings. The summed E-state index contributed by atoms with van der Waals surface area (Å²) < 4.78 is 5.30. The number of carbonyl (C=O) groups is 1. The Balaban J connectivity index is 2.46. The summed E-state index contributed by atoms with van der Waals surface area (Å²) in [5.74, 6) is 1.06. The van der Waals surface area contributed by atoms with Crippen molar-refractivity contribution in [2.24, 2.45) is 5.92 Å². The van der Waals surface area contributed by atoms with E-state index in [1.807, 2.05) is 31.2 Å². The van der Waals surface area contributed by atoms with Crippen LogP contribution in [0, 0.1) is 5.92 Å². The molecule has 0 spiro atoms. The van der Waals surface area contributed by atoms with Crippen molar-refractivity contribution in [1.82, 2.24) is 5.32 Å². The summed E-state index contributed by atoms with van der Waals surface area (Å²) in [6.45, 7) is 3.99. The van der Waals surface area contributed by atoms with Gasteiger partial charge >= 0.3 is 0 Å². The van der Waals surface area contributed by atoms with Crippen LogP contribution >= 0.6 is 0 Å². The van der Waals surface area contributed by atoms with Crippen LogP contribution in [-0.4, -0.2) is 30.8 Å². The van der Waals surface area contributed by atoms with Crippen LogP contribution in [0.3, 0.4) is 0 Å². The molecule has 0 aliphatic carbocycles. The van der Waals surface area contributed by atoms with Crippen molar-refractivity contribution in [3.8, 4) is 5.75 Å². The number of methoxy groups -OCH3 is 1. The highest BCUT2D eigenvalue weighted by molar-refractivity contribution is 5.76. The molecule has 2 unspecified atom stereocenters. The number of rotatable bonds is 7. The highest BCUT2D eigenvalue weighted by atomic mass is 16.5. The Morgan fingerprint density at radius 2 is 2.05 bits per heavy atom. The number of nitrogens with one attached hydrogen (secondary N) is 1. The first-order chi connectivity index (χ1) is 9.02. The van der Waals surface area contributed by atoms with Crippen molar-refractivity contribution in [3.63, 3.8) is 0 Å². The van der Waals surface area contributed by atoms with Crippen molar-refractivity contribution in [3.05, 3.63) is 29.8 Å². The summed E-state index contributed by atoms with van der Waals surface area (Å²) in [4.78, 5) is 11.6. The van der Waals surface area contributed by atoms with E-state index in [4.69, 9.17) is 9.84 Å². The highest BCUT2D eigenvalue weighted by Crippen LogP contribution is 2.21. The van der Waals surface area contributed by atoms with E-state index in [-0.39, 0.29) is 11.8 Å². The second-order valence-corrected chi connectivity index (χ2v) is 4.98. The Morgan fingerprint density at radius 3 is 2.68 bits per heavy atom. The van der Waals surface area contributed by atoms with Crippen LogP contribution in [-0.2, 0) is 11.2 Å². The topological polar surface area (TPSA) is 58.6 Å². The van der Waals surface area contributed by atoms with Gasteiger partial charge in [-0.25, -0.2) is 0 Å². The zero-order valence-corrected chi connectivity index (χ0v) is 11.8. The predicted octanol–water partition coefficient (Wildman–Crippen LogP) is 1.76. The lowest BCUT2D eigenvalue weighted by Crippen LogP contribution is -2.31. The third kappa shape index (κ3) is 5.75. The number of ether oxygens (including phenoxy) is 1. The molecule has 2 atom stereocenters. The van der Waals surface area contributed by atoms with Gasteiger partial charge in [0.1, 0.15) is 5.75 Å². The molecule has 0 bridgehead atoms. The van der Waals surface area contributed by atoms with E-state index >= 15 is 0 Å². The van der Waals surface area contributed by atoms with Crippen LogP contribution in [0.15, 0.2) is 24.3 Å². The second-order valence-electron chi connectivity index (χ2n) is 4.98. The largest absolute Gasteiger partial charge is 0.496 e. The van der Waals surface area contributed by atoms with Crippen LogP contribution in [0.5, 0.6) is 5.75 Å². The van der Waals surface area contributed by atoms with Gasteiger partial charge in [-0.05, 0) is 30.9 Å². The molecule has 0 aromatic heterocycles. The smallest absolute Gasteiger partial charge is 0.220 e. The first kappa shape index (κ1) is 15.5. The first-order valence-electron chi connectivity index (χ1n) is 6.59. The average Bonchev–Trinajstić information content (AvgIpc) is 2.37. The van der Waals surface area contributed by atoms with Gasteiger partial charge in [0.15, 0.2) is 0 Å². The Kier molecular flexibility index (Phi) is 6.36. The van der Waals surface area contributed by atoms with E-state index in [9.17, 15) is 4.79 Å². The van der Waals surface area contributed by atoms with Gasteiger partial charge in [-0.15, -0.1) is 0 Å². The third-order valence-corrected chi connectivity index (χ3v) is 2.89. The highest BCUT2D eigenvalue weighted by Gasteiger charge is 2.12. The molecule has 1 rings (SSSR count). The molecule has 0 saturated carbocycles. The Bertz CT molecular complexity index is 404. The van der Waals surface area contributed by atoms with Gasteiger partial charge in [0.05, 0.1) is 13.2 Å². The molecule has 1 aromatic rings. The summed E-state index contributed by atoms with van der Waals surface area (Å²) in [5, 5.41) is 11.8. The summed E-state index contributed by atoms with van der Waals surface area (Å²) in [6.07, 6.45) is 0.741. The molecule has 1 amide bonds. The second kappa shape index (κ2) is 7.79. The minimum Gasteiger partial charge on any atom is -0.496 e. The number of para-hydroxylation sites is 1. The van der Waals surface area contributed by atoms with E-state index in [0.717, 1.165) is 17.7 Å². The summed E-state index contributed by atoms with van der Waals surface area (Å²) in [5.41, 5.74) is 1.11. The van der Waals surface area contributed by atoms with Crippen LogP contribution < -0.4 is 10.1 Å². The van der Waals surface area contributed by atoms with Crippen molar-refractivity contribution in [2.45, 2.75) is 32.8 Å². The van der Waals surface area contributed by atoms with Gasteiger partial charge in [0, 0.05) is 13.0 Å². The molecule has 106 valence electrons. The number of benzene rings is 1. The molecule has 4 nitrogen and oxygen atoms in total. The summed E-state index contributed by atoms with van der Waals surface area (Å²) in [6, 6.07) is 7.85. The fourth-order valence-electron chi connectivity index (χ4n) is 1.97. The number of aliphatic hydroxyl groups excluding tert-OH is 1. The lowest BCUT2D eigenvalue weighted by Gasteiger charge is -2.14. The number of carbonyl (C=O) groups excluding carboxylic acids is 1. The van der Waals surface area contributed by atoms with E-state index < -0.39 is 6.10 Å². The number of amides is 1. The Labute approximate surface area is 114 Å². The maximum Gasteiger partial charge on any atom is 0.220 e. The molecule has 0 heterocycles. The molecule has 0 aliphatic heterocycles. The number of hydrogen-bond acceptors (Lipinski definition) is 3. The van der Waals surface area contributed by atoms with Crippen molar-refractivity contribution < 1.29 is 14.6 Å². The molecule has 19 heavy (non-hydrogen) atoms. The molecule has 2 N–H and O–H groups in total. The Morgan fingerprint density at radius 1 is 1.37 bits per heavy atom. The van der Waals surface area contributed by atoms with Crippen molar-refractivity contribution in [2.75, 3.05) is 13.7 Å². The number of aliphatic hydroxyl groups is 1. The van der Waals surface area contributed by atoms with Gasteiger partial charge in [-0.1, -0.05) is 25.1 Å². The van der Waals surface area contributed by atoms with E-state index in [1.165, 1.54) is 0 Å². The molecular weight excluding hydrogens is 242 g/mol. The van der Waals surface area contributed by atoms with Crippen molar-refractivity contribution in [1.29, 1.82) is 0 Å². The lowest BCUT2D eigenvalue weighted by atomic mass is 9.97. The zero-order valence-electron chi connectivity index (χ0n) is 11.8. The van der Waals surface area contributed by atoms with Gasteiger partial charge < -0.3 is 15.2 Å². The van der Waals surface area contributed by atoms with Crippen molar-refractivity contribution >= 4 is 5.91 Å². The zero-order chi connectivity index (χ0) is 14.3. The van der Waals surface area contributed by atoms with Gasteiger partial charge in [-0.3, -0.25) is 4.79 Å². The standard InChI is InChI=1S/C15H23NO3/c1-11(9-15(18)16-10-12(2)17)8-13-6-4-5-7-14(13)19-3/h4-7,11-12,17H,8-10H2,1-3H3,(H,16,18). The van der Waals surface area contributed by atoms with Gasteiger partial charge in [-0.2, -0.15) is 0 Å². The SMILES string of the molecule is COc1ccccc1CC(C)CC(=O)NCC(C)O. The molecule has 0 saturated heterocycles. The lowest BCUT2D eigenvalue weighted by molar-refractivity contribution is -0.122. The molecule has 0 fully saturated rings. The fraction of sp³-hybridized carbons (Fsp3) is 0.533. The fourth-order valence-corrected chi connectivity index (χ4v) is 1.97. The van der Waals surface area contributed by atoms with Crippen LogP contribution in [0.4, 0.5) is 0 Å². The summed E-state index contributed by atoms with van der Waals surface area (Å²) >= 11 is 0. The van der Waals surface area contributed by atoms with Crippen LogP contribution in [0.1, 0.15) is 25.8 Å². The van der Waals surface area contributed by atoms with Crippen LogP contribution in [0.2, 0.25) is 0 Å². The van der Waals surface area contributed by atoms with E-state index in [0.29, 0.717) is 13.0 Å². The first-order valence-corrected chi connectivity index (χ1v) is 6.59. The van der Waals surface area contributed by atoms with E-state index in [2.05, 4.69) is 5.32 Å². The molecule has 1 aromatic carbocycles. The average molecular weight is 265 g/mol. The molecule has 0 radical (unpaired) electrons. The van der Waals surface area contributed by atoms with Gasteiger partial charge in [0.25, 0.3) is 0 Å². The minimum atomic E-state index is -0.506. The predicted molar refractivity (Wildman–Crippen MR) is 75.2 cm³/mol. The van der Waals surface area contributed by atoms with E-state index in [1.54, 1.807) is 14.0 Å². The van der Waals surface area contributed by atoms with Gasteiger partial charge in [0.2, 0.25) is 5.91 Å². The number of hydrogen-bond donors (Lipinski definition) is 2. The maximum atomic E-state index is 11.6. The quantitative estimate of drug-likeness (QED) is 0.790. The normalized spacial score (nSPS) is 13.7. The maximum absolute atomic E-state index is 11.6. The molecule has 4 heteroatoms. The van der Waals surface area contributed by atoms with Crippen LogP contribution in [0.25, 0.3) is 0 Å². The molecular formula is C15H23NO3. The summed E-state index contributed by atoms with van der Waals surface area (Å²) in [7, 11) is 1.65.